The number of primary amides is 1. The van der Waals surface area contributed by atoms with Gasteiger partial charge in [0, 0.05) is 5.56 Å². The van der Waals surface area contributed by atoms with Crippen LogP contribution in [0, 0.1) is 23.7 Å². The zero-order valence-electron chi connectivity index (χ0n) is 38.7. The highest BCUT2D eigenvalue weighted by atomic mass is 32.1. The molecule has 5 aromatic carbocycles. The number of fused-ring (bicyclic) bond motifs is 4. The second-order valence-corrected chi connectivity index (χ2v) is 18.5. The van der Waals surface area contributed by atoms with Crippen LogP contribution in [0.2, 0.25) is 0 Å². The molecule has 3 aliphatic rings. The Kier molecular flexibility index (Phi) is 13.6. The third-order valence-electron chi connectivity index (χ3n) is 13.0. The van der Waals surface area contributed by atoms with Crippen molar-refractivity contribution >= 4 is 68.2 Å². The number of nitrogens with one attached hydrogen (secondary N) is 3. The fourth-order valence-corrected chi connectivity index (χ4v) is 11.0. The van der Waals surface area contributed by atoms with E-state index in [4.69, 9.17) is 24.9 Å². The number of carbonyl (C=O) groups is 6. The molecule has 0 saturated carbocycles. The number of nitrogens with zero attached hydrogens (tertiary/aromatic N) is 3. The van der Waals surface area contributed by atoms with Crippen LogP contribution in [0.4, 0.5) is 20.4 Å². The average Bonchev–Trinajstić information content (AvgIpc) is 4.02. The molecule has 0 unspecified atom stereocenters. The fraction of sp³-hybridized carbons (Fsp3) is 0.264. The first kappa shape index (κ1) is 47.9. The Bertz CT molecular complexity index is 3070. The number of carbonyl (C=O) groups excluding carboxylic acids is 6. The summed E-state index contributed by atoms with van der Waals surface area (Å²) in [5.41, 5.74) is 5.93. The number of ether oxygens (including phenoxy) is 3. The number of rotatable bonds is 12. The van der Waals surface area contributed by atoms with E-state index in [0.29, 0.717) is 33.5 Å². The summed E-state index contributed by atoms with van der Waals surface area (Å²) in [4.78, 5) is 95.5. The number of esters is 2. The lowest BCUT2D eigenvalue weighted by Crippen LogP contribution is -2.57. The summed E-state index contributed by atoms with van der Waals surface area (Å²) in [6.07, 6.45) is -1.00. The molecular formula is C53H49N7O10S. The molecule has 2 saturated heterocycles. The molecule has 6 aromatic rings. The Labute approximate surface area is 412 Å². The van der Waals surface area contributed by atoms with E-state index < -0.39 is 83.3 Å². The molecule has 2 fully saturated rings. The van der Waals surface area contributed by atoms with Crippen molar-refractivity contribution < 1.29 is 48.1 Å². The number of urea groups is 2. The first-order chi connectivity index (χ1) is 34.4. The number of hydrogen-bond acceptors (Lipinski definition) is 13. The Morgan fingerprint density at radius 1 is 0.887 bits per heavy atom. The van der Waals surface area contributed by atoms with Crippen LogP contribution >= 0.6 is 11.3 Å². The fourth-order valence-electron chi connectivity index (χ4n) is 10.1. The number of aliphatic hydroxyl groups excluding tert-OH is 1. The molecule has 0 radical (unpaired) electrons. The number of nitrogens with two attached hydrogens (primary N) is 1. The zero-order chi connectivity index (χ0) is 50.0. The van der Waals surface area contributed by atoms with E-state index in [0.717, 1.165) is 9.60 Å². The van der Waals surface area contributed by atoms with Crippen molar-refractivity contribution in [3.63, 3.8) is 0 Å². The summed E-state index contributed by atoms with van der Waals surface area (Å²) in [5, 5.41) is 18.2. The number of aliphatic hydroxyl groups is 1. The van der Waals surface area contributed by atoms with Crippen molar-refractivity contribution in [1.29, 1.82) is 0 Å². The van der Waals surface area contributed by atoms with E-state index >= 15 is 19.2 Å². The van der Waals surface area contributed by atoms with Crippen LogP contribution in [0.1, 0.15) is 59.9 Å². The number of amides is 6. The van der Waals surface area contributed by atoms with Gasteiger partial charge >= 0.3 is 24.0 Å². The zero-order valence-corrected chi connectivity index (χ0v) is 39.6. The molecule has 1 aromatic heterocycles. The number of thiazole rings is 1. The van der Waals surface area contributed by atoms with Gasteiger partial charge in [0.25, 0.3) is 0 Å². The summed E-state index contributed by atoms with van der Waals surface area (Å²) in [6, 6.07) is 30.5. The summed E-state index contributed by atoms with van der Waals surface area (Å²) >= 11 is 1.20. The smallest absolute Gasteiger partial charge is 0.329 e. The number of benzene rings is 5. The summed E-state index contributed by atoms with van der Waals surface area (Å²) in [6.45, 7) is 2.90. The minimum atomic E-state index is -2.22. The molecule has 4 heterocycles. The van der Waals surface area contributed by atoms with E-state index in [1.54, 1.807) is 56.3 Å². The highest BCUT2D eigenvalue weighted by molar-refractivity contribution is 7.22. The summed E-state index contributed by atoms with van der Waals surface area (Å²) < 4.78 is 18.4. The van der Waals surface area contributed by atoms with Crippen LogP contribution in [0.25, 0.3) is 10.2 Å². The van der Waals surface area contributed by atoms with Gasteiger partial charge in [-0.25, -0.2) is 24.3 Å². The Morgan fingerprint density at radius 3 is 2.28 bits per heavy atom. The predicted octanol–water partition coefficient (Wildman–Crippen LogP) is 5.90. The molecule has 362 valence electrons. The molecule has 0 bridgehead atoms. The second kappa shape index (κ2) is 20.1. The predicted molar refractivity (Wildman–Crippen MR) is 263 cm³/mol. The van der Waals surface area contributed by atoms with Gasteiger partial charge in [0.15, 0.2) is 5.13 Å². The number of para-hydroxylation sites is 1. The number of anilines is 2. The minimum absolute atomic E-state index is 0.0419. The highest BCUT2D eigenvalue weighted by Gasteiger charge is 2.75. The van der Waals surface area contributed by atoms with Gasteiger partial charge < -0.3 is 41.0 Å². The van der Waals surface area contributed by atoms with Crippen LogP contribution in [-0.2, 0) is 34.1 Å². The molecule has 9 rings (SSSR count). The molecule has 6 amide bonds. The van der Waals surface area contributed by atoms with Gasteiger partial charge in [0.1, 0.15) is 36.0 Å². The number of aromatic nitrogens is 1. The molecular weight excluding hydrogens is 927 g/mol. The monoisotopic (exact) mass is 975 g/mol. The van der Waals surface area contributed by atoms with E-state index in [9.17, 15) is 14.7 Å². The van der Waals surface area contributed by atoms with Crippen LogP contribution in [-0.4, -0.2) is 89.8 Å². The normalized spacial score (nSPS) is 21.6. The van der Waals surface area contributed by atoms with Crippen molar-refractivity contribution in [2.45, 2.75) is 49.5 Å². The van der Waals surface area contributed by atoms with Gasteiger partial charge in [-0.05, 0) is 70.6 Å². The number of hydrogen-bond donors (Lipinski definition) is 5. The first-order valence-electron chi connectivity index (χ1n) is 22.8. The number of methoxy groups -OCH3 is 1. The lowest BCUT2D eigenvalue weighted by atomic mass is 9.65. The maximum absolute atomic E-state index is 16.7. The maximum Gasteiger partial charge on any atom is 0.329 e. The Morgan fingerprint density at radius 2 is 1.59 bits per heavy atom. The molecule has 7 atom stereocenters. The summed E-state index contributed by atoms with van der Waals surface area (Å²) in [5.74, 6) is 0.738. The average molecular weight is 976 g/mol. The molecule has 3 aliphatic heterocycles. The van der Waals surface area contributed by atoms with E-state index in [-0.39, 0.29) is 36.1 Å². The van der Waals surface area contributed by atoms with Crippen molar-refractivity contribution in [2.24, 2.45) is 17.6 Å². The van der Waals surface area contributed by atoms with Crippen LogP contribution in [0.3, 0.4) is 0 Å². The highest BCUT2D eigenvalue weighted by Crippen LogP contribution is 2.66. The van der Waals surface area contributed by atoms with Crippen LogP contribution in [0.5, 0.6) is 5.75 Å². The lowest BCUT2D eigenvalue weighted by Gasteiger charge is -2.46. The molecule has 0 aliphatic carbocycles. The lowest BCUT2D eigenvalue weighted by molar-refractivity contribution is -0.177. The van der Waals surface area contributed by atoms with Crippen molar-refractivity contribution in [3.05, 3.63) is 155 Å². The number of morpholine rings is 1. The SMILES string of the molecule is COC(=O)[C@@H](NC(=O)N1C(=O)[C@@]2(c3cc(C#CCNC(N)=O)ccc31)[C@H](C(=O)Nc1nc3ccccc3s1)[C@H]1C(=O)O[C@H](c3ccccc3)[C@H](c3ccccc3)N1[C@@H]2c1cccc(OCCO)c1)C(C)C. The second-order valence-electron chi connectivity index (χ2n) is 17.5. The van der Waals surface area contributed by atoms with Crippen molar-refractivity contribution in [3.8, 4) is 17.6 Å². The Hall–Kier alpha value is -8.11. The standard InChI is InChI=1S/C53H49N7O10S/c1-30(2)41(47(63)68-3)57-52(67)59-38-24-23-31(14-13-25-55-50(54)66)28-36(38)53(49(59)65)40(46(62)58-51-56-37-21-10-11-22-39(37)71-51)43-48(64)70-44(33-17-8-5-9-18-33)42(32-15-6-4-7-16-32)60(43)45(53)34-19-12-20-35(29-34)69-27-26-61/h4-12,15-24,28-30,40-45,61H,25-27H2,1-3H3,(H,57,67)(H3,54,55,66)(H,56,58,62)/t40-,41-,42-,43-,44+,45+,53-/m0/s1. The molecule has 18 heteroatoms. The van der Waals surface area contributed by atoms with Crippen LogP contribution < -0.4 is 31.3 Å². The van der Waals surface area contributed by atoms with Gasteiger partial charge in [-0.2, -0.15) is 0 Å². The quantitative estimate of drug-likeness (QED) is 0.0713. The van der Waals surface area contributed by atoms with Crippen molar-refractivity contribution in [1.82, 2.24) is 20.5 Å². The third kappa shape index (κ3) is 8.79. The number of cyclic esters (lactones) is 1. The van der Waals surface area contributed by atoms with Crippen LogP contribution in [0.15, 0.2) is 127 Å². The van der Waals surface area contributed by atoms with Gasteiger partial charge in [-0.3, -0.25) is 19.3 Å². The first-order valence-corrected chi connectivity index (χ1v) is 23.7. The van der Waals surface area contributed by atoms with Gasteiger partial charge in [0.05, 0.1) is 54.2 Å². The maximum atomic E-state index is 16.7. The topological polar surface area (TPSA) is 232 Å². The Balaban J connectivity index is 1.36. The van der Waals surface area contributed by atoms with E-state index in [2.05, 4.69) is 27.8 Å². The molecule has 1 spiro atoms. The molecule has 6 N–H and O–H groups in total. The summed E-state index contributed by atoms with van der Waals surface area (Å²) in [7, 11) is 1.19. The number of imide groups is 1. The van der Waals surface area contributed by atoms with Gasteiger partial charge in [-0.1, -0.05) is 122 Å². The van der Waals surface area contributed by atoms with Crippen molar-refractivity contribution in [2.75, 3.05) is 37.1 Å². The van der Waals surface area contributed by atoms with E-state index in [1.165, 1.54) is 24.5 Å². The molecule has 71 heavy (non-hydrogen) atoms. The minimum Gasteiger partial charge on any atom is -0.491 e. The van der Waals surface area contributed by atoms with Gasteiger partial charge in [0.2, 0.25) is 11.8 Å². The third-order valence-corrected chi connectivity index (χ3v) is 13.9. The van der Waals surface area contributed by atoms with Gasteiger partial charge in [-0.15, -0.1) is 0 Å². The largest absolute Gasteiger partial charge is 0.491 e. The van der Waals surface area contributed by atoms with E-state index in [1.807, 2.05) is 83.8 Å². The molecule has 17 nitrogen and oxygen atoms in total.